The molecule has 0 radical (unpaired) electrons. The summed E-state index contributed by atoms with van der Waals surface area (Å²) < 4.78 is 2.72. The molecule has 22 heavy (non-hydrogen) atoms. The van der Waals surface area contributed by atoms with Gasteiger partial charge in [0.2, 0.25) is 0 Å². The van der Waals surface area contributed by atoms with Crippen molar-refractivity contribution in [2.45, 2.75) is 9.79 Å². The van der Waals surface area contributed by atoms with E-state index < -0.39 is 0 Å². The van der Waals surface area contributed by atoms with E-state index in [0.29, 0.717) is 0 Å². The number of fused-ring (bicyclic) bond motifs is 6. The number of benzene rings is 2. The summed E-state index contributed by atoms with van der Waals surface area (Å²) in [5.74, 6) is 0. The molecule has 0 spiro atoms. The van der Waals surface area contributed by atoms with E-state index in [1.54, 1.807) is 0 Å². The topological polar surface area (TPSA) is 25.8 Å². The molecule has 2 aromatic carbocycles. The van der Waals surface area contributed by atoms with E-state index in [1.807, 2.05) is 36.3 Å². The van der Waals surface area contributed by atoms with Gasteiger partial charge in [-0.15, -0.1) is 0 Å². The average molecular weight is 365 g/mol. The van der Waals surface area contributed by atoms with Gasteiger partial charge in [0.05, 0.1) is 0 Å². The number of para-hydroxylation sites is 2. The molecule has 3 heterocycles. The summed E-state index contributed by atoms with van der Waals surface area (Å²) in [5, 5.41) is 2.52. The van der Waals surface area contributed by atoms with Gasteiger partial charge in [0.15, 0.2) is 0 Å². The van der Waals surface area contributed by atoms with Crippen LogP contribution in [0.1, 0.15) is 0 Å². The Morgan fingerprint density at radius 3 is 1.73 bits per heavy atom. The first kappa shape index (κ1) is 12.7. The molecule has 0 amide bonds. The predicted molar refractivity (Wildman–Crippen MR) is 92.6 cm³/mol. The maximum atomic E-state index is 4.61. The predicted octanol–water partition coefficient (Wildman–Crippen LogP) is 2.90. The van der Waals surface area contributed by atoms with Crippen molar-refractivity contribution >= 4 is 57.4 Å². The molecule has 5 rings (SSSR count). The molecule has 0 atom stereocenters. The van der Waals surface area contributed by atoms with Crippen LogP contribution in [0.2, 0.25) is 0 Å². The molecule has 104 valence electrons. The molecule has 0 N–H and O–H groups in total. The standard InChI is InChI=1S/C18H10N2SSe/c1-3-7-13-11(5-1)17-15(9-19-13)22-16-10-20-14-8-4-2-6-12(14)18(16)21-17/h1-10H. The van der Waals surface area contributed by atoms with Gasteiger partial charge in [-0.2, -0.15) is 0 Å². The van der Waals surface area contributed by atoms with Crippen LogP contribution in [0.5, 0.6) is 0 Å². The molecule has 2 aromatic heterocycles. The van der Waals surface area contributed by atoms with Gasteiger partial charge in [-0.3, -0.25) is 0 Å². The third-order valence-electron chi connectivity index (χ3n) is 3.81. The summed E-state index contributed by atoms with van der Waals surface area (Å²) in [4.78, 5) is 12.0. The van der Waals surface area contributed by atoms with Crippen molar-refractivity contribution in [3.8, 4) is 0 Å². The summed E-state index contributed by atoms with van der Waals surface area (Å²) in [6.07, 6.45) is 4.09. The van der Waals surface area contributed by atoms with Gasteiger partial charge in [-0.1, -0.05) is 0 Å². The molecule has 1 aliphatic rings. The van der Waals surface area contributed by atoms with Gasteiger partial charge in [-0.25, -0.2) is 0 Å². The SMILES string of the molecule is c1ccc2c3c(cnc2c1)[Se]c1cnc2ccccc2c1S3. The van der Waals surface area contributed by atoms with Crippen molar-refractivity contribution in [3.05, 3.63) is 60.9 Å². The molecule has 0 aliphatic carbocycles. The Labute approximate surface area is 138 Å². The Morgan fingerprint density at radius 1 is 0.682 bits per heavy atom. The van der Waals surface area contributed by atoms with E-state index >= 15 is 0 Å². The fourth-order valence-electron chi connectivity index (χ4n) is 2.77. The molecule has 0 bridgehead atoms. The van der Waals surface area contributed by atoms with E-state index in [-0.39, 0.29) is 15.0 Å². The van der Waals surface area contributed by atoms with E-state index in [1.165, 1.54) is 29.5 Å². The van der Waals surface area contributed by atoms with Gasteiger partial charge in [0, 0.05) is 0 Å². The normalized spacial score (nSPS) is 13.1. The van der Waals surface area contributed by atoms with Crippen LogP contribution in [-0.4, -0.2) is 24.9 Å². The number of aromatic nitrogens is 2. The molecule has 0 unspecified atom stereocenters. The van der Waals surface area contributed by atoms with Crippen molar-refractivity contribution in [1.29, 1.82) is 0 Å². The van der Waals surface area contributed by atoms with Gasteiger partial charge < -0.3 is 0 Å². The molecule has 0 saturated heterocycles. The van der Waals surface area contributed by atoms with Crippen LogP contribution in [0.4, 0.5) is 0 Å². The van der Waals surface area contributed by atoms with Crippen LogP contribution in [0, 0.1) is 0 Å². The molecule has 1 aliphatic heterocycles. The number of hydrogen-bond acceptors (Lipinski definition) is 3. The molecule has 2 nitrogen and oxygen atoms in total. The second kappa shape index (κ2) is 4.82. The number of rotatable bonds is 0. The zero-order valence-corrected chi connectivity index (χ0v) is 14.0. The Morgan fingerprint density at radius 2 is 1.18 bits per heavy atom. The average Bonchev–Trinajstić information content (AvgIpc) is 2.60. The Kier molecular flexibility index (Phi) is 2.77. The summed E-state index contributed by atoms with van der Waals surface area (Å²) in [7, 11) is 0. The number of pyridine rings is 2. The fraction of sp³-hybridized carbons (Fsp3) is 0. The quantitative estimate of drug-likeness (QED) is 0.395. The van der Waals surface area contributed by atoms with E-state index in [4.69, 9.17) is 0 Å². The van der Waals surface area contributed by atoms with Gasteiger partial charge >= 0.3 is 138 Å². The Bertz CT molecular complexity index is 962. The maximum absolute atomic E-state index is 4.61. The zero-order chi connectivity index (χ0) is 14.5. The van der Waals surface area contributed by atoms with Crippen LogP contribution in [0.15, 0.2) is 70.7 Å². The molecule has 0 saturated carbocycles. The molecule has 4 heteroatoms. The van der Waals surface area contributed by atoms with Crippen molar-refractivity contribution < 1.29 is 0 Å². The van der Waals surface area contributed by atoms with Crippen LogP contribution in [0.25, 0.3) is 21.8 Å². The second-order valence-electron chi connectivity index (χ2n) is 5.14. The molecule has 4 aromatic rings. The van der Waals surface area contributed by atoms with Crippen molar-refractivity contribution in [3.63, 3.8) is 0 Å². The van der Waals surface area contributed by atoms with Crippen LogP contribution < -0.4 is 8.92 Å². The fourth-order valence-corrected chi connectivity index (χ4v) is 6.60. The summed E-state index contributed by atoms with van der Waals surface area (Å²) in [6, 6.07) is 16.8. The third kappa shape index (κ3) is 1.82. The van der Waals surface area contributed by atoms with E-state index in [0.717, 1.165) is 11.0 Å². The number of hydrogen-bond donors (Lipinski definition) is 0. The van der Waals surface area contributed by atoms with Crippen LogP contribution in [-0.2, 0) is 0 Å². The summed E-state index contributed by atoms with van der Waals surface area (Å²) >= 11 is 2.14. The number of nitrogens with zero attached hydrogens (tertiary/aromatic N) is 2. The molecular weight excluding hydrogens is 355 g/mol. The van der Waals surface area contributed by atoms with Crippen molar-refractivity contribution in [2.75, 3.05) is 0 Å². The van der Waals surface area contributed by atoms with Crippen LogP contribution >= 0.6 is 11.8 Å². The van der Waals surface area contributed by atoms with Gasteiger partial charge in [0.1, 0.15) is 0 Å². The molecule has 0 fully saturated rings. The Balaban J connectivity index is 1.80. The first-order chi connectivity index (χ1) is 10.9. The minimum absolute atomic E-state index is 0.268. The van der Waals surface area contributed by atoms with E-state index in [2.05, 4.69) is 46.4 Å². The summed E-state index contributed by atoms with van der Waals surface area (Å²) in [6.45, 7) is 0. The summed E-state index contributed by atoms with van der Waals surface area (Å²) in [5.41, 5.74) is 2.15. The van der Waals surface area contributed by atoms with Crippen molar-refractivity contribution in [2.24, 2.45) is 0 Å². The third-order valence-corrected chi connectivity index (χ3v) is 7.90. The van der Waals surface area contributed by atoms with Gasteiger partial charge in [0.25, 0.3) is 0 Å². The van der Waals surface area contributed by atoms with Crippen LogP contribution in [0.3, 0.4) is 0 Å². The van der Waals surface area contributed by atoms with Crippen molar-refractivity contribution in [1.82, 2.24) is 9.97 Å². The minimum atomic E-state index is 0.268. The zero-order valence-electron chi connectivity index (χ0n) is 11.5. The monoisotopic (exact) mass is 366 g/mol. The van der Waals surface area contributed by atoms with Gasteiger partial charge in [-0.05, 0) is 0 Å². The molecular formula is C18H10N2SSe. The van der Waals surface area contributed by atoms with E-state index in [9.17, 15) is 0 Å². The second-order valence-corrected chi connectivity index (χ2v) is 8.44. The first-order valence-electron chi connectivity index (χ1n) is 7.01. The Hall–Kier alpha value is -1.87. The first-order valence-corrected chi connectivity index (χ1v) is 9.54.